The fourth-order valence-electron chi connectivity index (χ4n) is 0.400. The second-order valence-corrected chi connectivity index (χ2v) is 10.4. The van der Waals surface area contributed by atoms with Crippen molar-refractivity contribution in [2.75, 3.05) is 0 Å². The maximum absolute atomic E-state index is 5.80. The molecule has 0 aliphatic rings. The highest BCUT2D eigenvalue weighted by atomic mass is 35.7. The van der Waals surface area contributed by atoms with Gasteiger partial charge in [0.25, 0.3) is 0 Å². The van der Waals surface area contributed by atoms with E-state index in [1.165, 1.54) is 5.54 Å². The zero-order valence-corrected chi connectivity index (χ0v) is 8.47. The van der Waals surface area contributed by atoms with E-state index >= 15 is 0 Å². The first kappa shape index (κ1) is 9.83. The Labute approximate surface area is 71.2 Å². The lowest BCUT2D eigenvalue weighted by Crippen LogP contribution is -2.10. The third-order valence-corrected chi connectivity index (χ3v) is 3.32. The van der Waals surface area contributed by atoms with Crippen LogP contribution in [0.5, 0.6) is 0 Å². The minimum Gasteiger partial charge on any atom is -0.146 e. The zero-order valence-electron chi connectivity index (χ0n) is 5.20. The van der Waals surface area contributed by atoms with Crippen LogP contribution >= 0.6 is 33.8 Å². The summed E-state index contributed by atoms with van der Waals surface area (Å²) in [6.45, 7) is 0.0411. The predicted octanol–water partition coefficient (Wildman–Crippen LogP) is 3.68. The molecule has 4 heteroatoms. The van der Waals surface area contributed by atoms with Crippen molar-refractivity contribution in [1.29, 1.82) is 0 Å². The number of hydrogen-bond acceptors (Lipinski definition) is 0. The molecule has 0 atom stereocenters. The highest BCUT2D eigenvalue weighted by Gasteiger charge is 2.18. The van der Waals surface area contributed by atoms with E-state index in [-0.39, 0.29) is 0 Å². The fraction of sp³-hybridized carbons (Fsp3) is 0.600. The van der Waals surface area contributed by atoms with Crippen LogP contribution in [0.15, 0.2) is 11.6 Å². The molecule has 0 saturated carbocycles. The molecule has 54 valence electrons. The Kier molecular flexibility index (Phi) is 5.04. The lowest BCUT2D eigenvalue weighted by molar-refractivity contribution is 1.20. The summed E-state index contributed by atoms with van der Waals surface area (Å²) in [6.07, 6.45) is 2.75. The molecule has 0 aromatic rings. The second-order valence-electron chi connectivity index (χ2n) is 1.97. The van der Waals surface area contributed by atoms with Gasteiger partial charge in [-0.15, -0.1) is 22.2 Å². The van der Waals surface area contributed by atoms with E-state index in [1.807, 2.05) is 12.6 Å². The smallest absolute Gasteiger partial charge is 0.146 e. The number of hydrogen-bond donors (Lipinski definition) is 0. The van der Waals surface area contributed by atoms with Crippen LogP contribution in [-0.2, 0) is 0 Å². The van der Waals surface area contributed by atoms with Gasteiger partial charge in [0.05, 0.1) is 0 Å². The maximum Gasteiger partial charge on any atom is 0.248 e. The molecule has 0 spiro atoms. The minimum atomic E-state index is -1.86. The van der Waals surface area contributed by atoms with Crippen molar-refractivity contribution >= 4 is 40.5 Å². The average molecular weight is 204 g/mol. The Bertz CT molecular complexity index is 94.9. The molecule has 0 fully saturated rings. The fourth-order valence-corrected chi connectivity index (χ4v) is 1.85. The molecule has 0 saturated heterocycles. The van der Waals surface area contributed by atoms with E-state index in [0.717, 1.165) is 12.5 Å². The zero-order chi connectivity index (χ0) is 7.33. The molecule has 0 bridgehead atoms. The third kappa shape index (κ3) is 8.83. The van der Waals surface area contributed by atoms with E-state index in [2.05, 4.69) is 0 Å². The van der Waals surface area contributed by atoms with E-state index < -0.39 is 6.69 Å². The van der Waals surface area contributed by atoms with Gasteiger partial charge in [0, 0.05) is 5.54 Å². The average Bonchev–Trinajstić information content (AvgIpc) is 1.63. The molecule has 0 aromatic heterocycles. The summed E-state index contributed by atoms with van der Waals surface area (Å²) in [5.41, 5.74) is 1.49. The first-order valence-electron chi connectivity index (χ1n) is 2.69. The minimum absolute atomic E-state index is 0.874. The summed E-state index contributed by atoms with van der Waals surface area (Å²) in [4.78, 5) is 0. The van der Waals surface area contributed by atoms with E-state index in [1.54, 1.807) is 0 Å². The molecule has 0 rings (SSSR count). The summed E-state index contributed by atoms with van der Waals surface area (Å²) < 4.78 is 0. The first-order chi connectivity index (χ1) is 4.06. The number of halogens is 3. The summed E-state index contributed by atoms with van der Waals surface area (Å²) in [7, 11) is 0. The summed E-state index contributed by atoms with van der Waals surface area (Å²) in [5.74, 6) is 0. The van der Waals surface area contributed by atoms with E-state index in [4.69, 9.17) is 33.8 Å². The monoisotopic (exact) mass is 202 g/mol. The largest absolute Gasteiger partial charge is 0.248 e. The van der Waals surface area contributed by atoms with Gasteiger partial charge in [-0.2, -0.15) is 0 Å². The topological polar surface area (TPSA) is 0 Å². The van der Waals surface area contributed by atoms with Gasteiger partial charge in [-0.05, 0) is 19.0 Å². The molecule has 0 N–H and O–H groups in total. The Hall–Kier alpha value is 0.827. The number of allylic oxidation sites excluding steroid dienone is 1. The molecule has 0 heterocycles. The van der Waals surface area contributed by atoms with Crippen molar-refractivity contribution < 1.29 is 0 Å². The van der Waals surface area contributed by atoms with Crippen molar-refractivity contribution in [3.8, 4) is 0 Å². The molecule has 0 radical (unpaired) electrons. The summed E-state index contributed by atoms with van der Waals surface area (Å²) in [6, 6.07) is 0.874. The highest BCUT2D eigenvalue weighted by molar-refractivity contribution is 7.44. The van der Waals surface area contributed by atoms with E-state index in [9.17, 15) is 0 Å². The van der Waals surface area contributed by atoms with E-state index in [0.29, 0.717) is 0 Å². The predicted molar refractivity (Wildman–Crippen MR) is 47.7 cm³/mol. The number of rotatable bonds is 3. The van der Waals surface area contributed by atoms with Gasteiger partial charge < -0.3 is 0 Å². The van der Waals surface area contributed by atoms with Crippen molar-refractivity contribution in [2.24, 2.45) is 0 Å². The van der Waals surface area contributed by atoms with Crippen LogP contribution < -0.4 is 0 Å². The molecule has 0 aromatic carbocycles. The van der Waals surface area contributed by atoms with Crippen LogP contribution in [0.4, 0.5) is 0 Å². The van der Waals surface area contributed by atoms with Crippen LogP contribution in [0.2, 0.25) is 12.6 Å². The van der Waals surface area contributed by atoms with Crippen molar-refractivity contribution in [1.82, 2.24) is 0 Å². The summed E-state index contributed by atoms with van der Waals surface area (Å²) >= 11 is 16.9. The second kappa shape index (κ2) is 4.61. The van der Waals surface area contributed by atoms with Gasteiger partial charge in [-0.3, -0.25) is 0 Å². The Morgan fingerprint density at radius 1 is 1.44 bits per heavy atom. The molecule has 9 heavy (non-hydrogen) atoms. The van der Waals surface area contributed by atoms with Crippen molar-refractivity contribution in [3.63, 3.8) is 0 Å². The normalized spacial score (nSPS) is 12.9. The van der Waals surface area contributed by atoms with Crippen LogP contribution in [0.3, 0.4) is 0 Å². The van der Waals surface area contributed by atoms with Crippen LogP contribution in [0.1, 0.15) is 6.42 Å². The molecule has 0 nitrogen and oxygen atoms in total. The van der Waals surface area contributed by atoms with Crippen LogP contribution in [0.25, 0.3) is 0 Å². The SMILES string of the molecule is C[Si](Cl)(Cl)CCC=CCl. The lowest BCUT2D eigenvalue weighted by atomic mass is 10.5. The highest BCUT2D eigenvalue weighted by Crippen LogP contribution is 2.21. The standard InChI is InChI=1S/C5H9Cl3Si/c1-9(7,8)5-3-2-4-6/h2,4H,3,5H2,1H3. The molecule has 0 unspecified atom stereocenters. The van der Waals surface area contributed by atoms with Gasteiger partial charge in [0.1, 0.15) is 0 Å². The quantitative estimate of drug-likeness (QED) is 0.485. The molecular weight excluding hydrogens is 194 g/mol. The van der Waals surface area contributed by atoms with Crippen molar-refractivity contribution in [2.45, 2.75) is 19.0 Å². The van der Waals surface area contributed by atoms with Crippen LogP contribution in [-0.4, -0.2) is 6.69 Å². The Morgan fingerprint density at radius 3 is 2.33 bits per heavy atom. The van der Waals surface area contributed by atoms with Gasteiger partial charge in [-0.1, -0.05) is 17.7 Å². The third-order valence-electron chi connectivity index (χ3n) is 0.839. The Morgan fingerprint density at radius 2 is 2.00 bits per heavy atom. The lowest BCUT2D eigenvalue weighted by Gasteiger charge is -2.05. The maximum atomic E-state index is 5.80. The van der Waals surface area contributed by atoms with Crippen LogP contribution in [0, 0.1) is 0 Å². The molecule has 0 aliphatic carbocycles. The van der Waals surface area contributed by atoms with Crippen molar-refractivity contribution in [3.05, 3.63) is 11.6 Å². The first-order valence-corrected chi connectivity index (χ1v) is 7.86. The molecule has 0 aliphatic heterocycles. The van der Waals surface area contributed by atoms with Gasteiger partial charge in [0.2, 0.25) is 6.69 Å². The summed E-state index contributed by atoms with van der Waals surface area (Å²) in [5, 5.41) is 0. The van der Waals surface area contributed by atoms with Gasteiger partial charge in [-0.25, -0.2) is 0 Å². The van der Waals surface area contributed by atoms with Gasteiger partial charge >= 0.3 is 0 Å². The Balaban J connectivity index is 3.28. The molecule has 0 amide bonds. The molecular formula is C5H9Cl3Si. The van der Waals surface area contributed by atoms with Gasteiger partial charge in [0.15, 0.2) is 0 Å².